The summed E-state index contributed by atoms with van der Waals surface area (Å²) >= 11 is 8.30. The minimum atomic E-state index is 0.841. The molecule has 0 bridgehead atoms. The van der Waals surface area contributed by atoms with Gasteiger partial charge in [0.1, 0.15) is 0 Å². The van der Waals surface area contributed by atoms with Crippen LogP contribution in [0.25, 0.3) is 0 Å². The van der Waals surface area contributed by atoms with Gasteiger partial charge in [0.05, 0.1) is 0 Å². The van der Waals surface area contributed by atoms with Crippen LogP contribution in [0.4, 0.5) is 5.69 Å². The van der Waals surface area contributed by atoms with Gasteiger partial charge in [-0.2, -0.15) is 0 Å². The van der Waals surface area contributed by atoms with Gasteiger partial charge in [0, 0.05) is 27.4 Å². The summed E-state index contributed by atoms with van der Waals surface area (Å²) in [6, 6.07) is 6.23. The highest BCUT2D eigenvalue weighted by molar-refractivity contribution is 14.1. The van der Waals surface area contributed by atoms with Crippen molar-refractivity contribution in [1.29, 1.82) is 0 Å². The van der Waals surface area contributed by atoms with Crippen LogP contribution in [0.2, 0.25) is 5.02 Å². The zero-order chi connectivity index (χ0) is 9.26. The van der Waals surface area contributed by atoms with Crippen LogP contribution in [0.3, 0.4) is 0 Å². The highest BCUT2D eigenvalue weighted by Crippen LogP contribution is 2.26. The van der Waals surface area contributed by atoms with E-state index >= 15 is 0 Å². The maximum atomic E-state index is 6.00. The fourth-order valence-electron chi connectivity index (χ4n) is 1.70. The van der Waals surface area contributed by atoms with Crippen LogP contribution in [-0.2, 0) is 0 Å². The number of anilines is 1. The average Bonchev–Trinajstić information content (AvgIpc) is 2.53. The van der Waals surface area contributed by atoms with Gasteiger partial charge in [-0.3, -0.25) is 0 Å². The lowest BCUT2D eigenvalue weighted by molar-refractivity contribution is 0.949. The Hall–Kier alpha value is 0.0400. The molecule has 0 spiro atoms. The van der Waals surface area contributed by atoms with E-state index < -0.39 is 0 Å². The van der Waals surface area contributed by atoms with Gasteiger partial charge < -0.3 is 4.90 Å². The summed E-state index contributed by atoms with van der Waals surface area (Å²) in [7, 11) is 0. The molecule has 0 saturated carbocycles. The van der Waals surface area contributed by atoms with Crippen molar-refractivity contribution in [3.05, 3.63) is 26.8 Å². The third-order valence-corrected chi connectivity index (χ3v) is 3.16. The van der Waals surface area contributed by atoms with Crippen LogP contribution in [0.1, 0.15) is 12.8 Å². The standard InChI is InChI=1S/C10H11ClIN/c11-8-5-9(12)7-10(6-8)13-3-1-2-4-13/h5-7H,1-4H2. The molecule has 0 amide bonds. The highest BCUT2D eigenvalue weighted by atomic mass is 127. The van der Waals surface area contributed by atoms with Crippen LogP contribution >= 0.6 is 34.2 Å². The first kappa shape index (κ1) is 9.59. The van der Waals surface area contributed by atoms with E-state index in [1.807, 2.05) is 6.07 Å². The molecule has 1 aliphatic rings. The van der Waals surface area contributed by atoms with E-state index in [0.29, 0.717) is 0 Å². The number of benzene rings is 1. The first-order chi connectivity index (χ1) is 6.25. The van der Waals surface area contributed by atoms with Gasteiger partial charge in [-0.15, -0.1) is 0 Å². The van der Waals surface area contributed by atoms with Crippen LogP contribution < -0.4 is 4.90 Å². The second-order valence-corrected chi connectivity index (χ2v) is 5.00. The first-order valence-electron chi connectivity index (χ1n) is 4.47. The number of halogens is 2. The summed E-state index contributed by atoms with van der Waals surface area (Å²) in [5, 5.41) is 0.841. The monoisotopic (exact) mass is 307 g/mol. The lowest BCUT2D eigenvalue weighted by Crippen LogP contribution is -2.17. The Bertz CT molecular complexity index is 288. The molecule has 1 saturated heterocycles. The van der Waals surface area contributed by atoms with Crippen molar-refractivity contribution in [2.75, 3.05) is 18.0 Å². The number of rotatable bonds is 1. The smallest absolute Gasteiger partial charge is 0.0437 e. The normalized spacial score (nSPS) is 16.6. The van der Waals surface area contributed by atoms with Gasteiger partial charge in [0.25, 0.3) is 0 Å². The summed E-state index contributed by atoms with van der Waals surface area (Å²) < 4.78 is 1.21. The number of hydrogen-bond donors (Lipinski definition) is 0. The summed E-state index contributed by atoms with van der Waals surface area (Å²) in [6.07, 6.45) is 2.62. The molecule has 1 aromatic carbocycles. The molecule has 0 N–H and O–H groups in total. The lowest BCUT2D eigenvalue weighted by atomic mass is 10.3. The fourth-order valence-corrected chi connectivity index (χ4v) is 2.77. The van der Waals surface area contributed by atoms with Crippen molar-refractivity contribution in [3.63, 3.8) is 0 Å². The predicted octanol–water partition coefficient (Wildman–Crippen LogP) is 3.54. The summed E-state index contributed by atoms with van der Waals surface area (Å²) in [4.78, 5) is 2.40. The maximum Gasteiger partial charge on any atom is 0.0437 e. The largest absolute Gasteiger partial charge is 0.371 e. The van der Waals surface area contributed by atoms with Crippen LogP contribution in [0.15, 0.2) is 18.2 Å². The Labute approximate surface area is 97.2 Å². The van der Waals surface area contributed by atoms with Gasteiger partial charge >= 0.3 is 0 Å². The van der Waals surface area contributed by atoms with Gasteiger partial charge in [-0.1, -0.05) is 11.6 Å². The van der Waals surface area contributed by atoms with Gasteiger partial charge in [-0.25, -0.2) is 0 Å². The lowest BCUT2D eigenvalue weighted by Gasteiger charge is -2.17. The van der Waals surface area contributed by atoms with E-state index in [9.17, 15) is 0 Å². The molecule has 1 aromatic rings. The fraction of sp³-hybridized carbons (Fsp3) is 0.400. The van der Waals surface area contributed by atoms with Crippen molar-refractivity contribution in [2.24, 2.45) is 0 Å². The number of nitrogens with zero attached hydrogens (tertiary/aromatic N) is 1. The molecule has 3 heteroatoms. The van der Waals surface area contributed by atoms with Gasteiger partial charge in [0.2, 0.25) is 0 Å². The van der Waals surface area contributed by atoms with Crippen molar-refractivity contribution in [1.82, 2.24) is 0 Å². The zero-order valence-electron chi connectivity index (χ0n) is 7.26. The van der Waals surface area contributed by atoms with Crippen LogP contribution in [0.5, 0.6) is 0 Å². The molecule has 1 aliphatic heterocycles. The molecular weight excluding hydrogens is 296 g/mol. The van der Waals surface area contributed by atoms with Crippen molar-refractivity contribution >= 4 is 39.9 Å². The third-order valence-electron chi connectivity index (χ3n) is 2.32. The Kier molecular flexibility index (Phi) is 2.99. The highest BCUT2D eigenvalue weighted by Gasteiger charge is 2.12. The maximum absolute atomic E-state index is 6.00. The van der Waals surface area contributed by atoms with E-state index in [1.165, 1.54) is 35.2 Å². The minimum absolute atomic E-state index is 0.841. The first-order valence-corrected chi connectivity index (χ1v) is 5.92. The van der Waals surface area contributed by atoms with E-state index in [4.69, 9.17) is 11.6 Å². The van der Waals surface area contributed by atoms with Crippen molar-refractivity contribution < 1.29 is 0 Å². The Morgan fingerprint density at radius 3 is 2.46 bits per heavy atom. The van der Waals surface area contributed by atoms with Gasteiger partial charge in [-0.05, 0) is 53.6 Å². The average molecular weight is 308 g/mol. The second-order valence-electron chi connectivity index (χ2n) is 3.32. The molecule has 0 unspecified atom stereocenters. The second kappa shape index (κ2) is 4.05. The summed E-state index contributed by atoms with van der Waals surface area (Å²) in [6.45, 7) is 2.35. The van der Waals surface area contributed by atoms with Crippen molar-refractivity contribution in [3.8, 4) is 0 Å². The topological polar surface area (TPSA) is 3.24 Å². The van der Waals surface area contributed by atoms with E-state index in [0.717, 1.165) is 5.02 Å². The molecule has 2 rings (SSSR count). The molecule has 1 fully saturated rings. The predicted molar refractivity (Wildman–Crippen MR) is 65.6 cm³/mol. The zero-order valence-corrected chi connectivity index (χ0v) is 10.2. The van der Waals surface area contributed by atoms with Crippen LogP contribution in [-0.4, -0.2) is 13.1 Å². The minimum Gasteiger partial charge on any atom is -0.371 e. The number of hydrogen-bond acceptors (Lipinski definition) is 1. The Morgan fingerprint density at radius 2 is 1.85 bits per heavy atom. The summed E-state index contributed by atoms with van der Waals surface area (Å²) in [5.41, 5.74) is 1.27. The van der Waals surface area contributed by atoms with E-state index in [-0.39, 0.29) is 0 Å². The molecule has 0 radical (unpaired) electrons. The molecule has 1 heterocycles. The van der Waals surface area contributed by atoms with E-state index in [2.05, 4.69) is 39.6 Å². The molecule has 0 aromatic heterocycles. The third kappa shape index (κ3) is 2.29. The Balaban J connectivity index is 2.28. The molecular formula is C10H11ClIN. The van der Waals surface area contributed by atoms with Crippen molar-refractivity contribution in [2.45, 2.75) is 12.8 Å². The molecule has 0 aliphatic carbocycles. The molecule has 1 nitrogen and oxygen atoms in total. The Morgan fingerprint density at radius 1 is 1.15 bits per heavy atom. The SMILES string of the molecule is Clc1cc(I)cc(N2CCCC2)c1. The van der Waals surface area contributed by atoms with Crippen LogP contribution in [0, 0.1) is 3.57 Å². The van der Waals surface area contributed by atoms with E-state index in [1.54, 1.807) is 0 Å². The van der Waals surface area contributed by atoms with Gasteiger partial charge in [0.15, 0.2) is 0 Å². The molecule has 70 valence electrons. The molecule has 0 atom stereocenters. The summed E-state index contributed by atoms with van der Waals surface area (Å²) in [5.74, 6) is 0. The molecule has 13 heavy (non-hydrogen) atoms. The quantitative estimate of drug-likeness (QED) is 0.717.